The van der Waals surface area contributed by atoms with Gasteiger partial charge in [-0.3, -0.25) is 14.6 Å². The Hall–Kier alpha value is -4.03. The molecule has 3 aromatic carbocycles. The Morgan fingerprint density at radius 2 is 1.76 bits per heavy atom. The van der Waals surface area contributed by atoms with E-state index in [4.69, 9.17) is 10.8 Å². The fourth-order valence-corrected chi connectivity index (χ4v) is 3.99. The Kier molecular flexibility index (Phi) is 7.30. The number of aryl methyl sites for hydroxylation is 1. The summed E-state index contributed by atoms with van der Waals surface area (Å²) in [6, 6.07) is 22.7. The number of nitrogens with one attached hydrogen (secondary N) is 1. The molecule has 0 radical (unpaired) electrons. The molecule has 172 valence electrons. The first-order valence-electron chi connectivity index (χ1n) is 11.3. The van der Waals surface area contributed by atoms with Gasteiger partial charge in [0.2, 0.25) is 0 Å². The molecule has 0 aliphatic heterocycles. The number of benzene rings is 3. The van der Waals surface area contributed by atoms with Crippen molar-refractivity contribution in [3.05, 3.63) is 102 Å². The van der Waals surface area contributed by atoms with Crippen molar-refractivity contribution in [1.29, 1.82) is 0 Å². The maximum Gasteiger partial charge on any atom is 0.320 e. The number of hydrogen-bond acceptors (Lipinski definition) is 4. The van der Waals surface area contributed by atoms with Crippen LogP contribution in [0.15, 0.2) is 85.2 Å². The summed E-state index contributed by atoms with van der Waals surface area (Å²) >= 11 is 0. The number of hydrogen-bond donors (Lipinski definition) is 3. The predicted octanol–water partition coefficient (Wildman–Crippen LogP) is 4.22. The standard InChI is InChI=1S/C28H27N3O3/c29-26(28(33)34)16-19-7-9-22(10-8-19)27(32)31-14-3-5-21-4-1-2-6-25(21)23-12-11-20-13-15-30-18-24(20)17-23/h1-2,4,6-13,15,17-18,26H,3,5,14,16,29H2,(H,31,32)(H,33,34)/t26-/m0/s1. The number of aliphatic carboxylic acids is 1. The molecule has 1 heterocycles. The number of carboxylic acid groups (broad SMARTS) is 1. The van der Waals surface area contributed by atoms with Crippen LogP contribution >= 0.6 is 0 Å². The molecule has 6 nitrogen and oxygen atoms in total. The van der Waals surface area contributed by atoms with Gasteiger partial charge in [-0.1, -0.05) is 48.5 Å². The lowest BCUT2D eigenvalue weighted by molar-refractivity contribution is -0.138. The molecule has 1 atom stereocenters. The van der Waals surface area contributed by atoms with Crippen molar-refractivity contribution >= 4 is 22.6 Å². The van der Waals surface area contributed by atoms with Crippen molar-refractivity contribution in [1.82, 2.24) is 10.3 Å². The quantitative estimate of drug-likeness (QED) is 0.329. The Labute approximate surface area is 198 Å². The maximum absolute atomic E-state index is 12.5. The van der Waals surface area contributed by atoms with Crippen LogP contribution in [-0.2, 0) is 17.6 Å². The number of pyridine rings is 1. The molecule has 6 heteroatoms. The normalized spacial score (nSPS) is 11.8. The first kappa shape index (κ1) is 23.1. The minimum atomic E-state index is -1.04. The predicted molar refractivity (Wildman–Crippen MR) is 134 cm³/mol. The summed E-state index contributed by atoms with van der Waals surface area (Å²) in [6.45, 7) is 0.556. The van der Waals surface area contributed by atoms with Gasteiger partial charge in [0.05, 0.1) is 0 Å². The van der Waals surface area contributed by atoms with Gasteiger partial charge in [0.1, 0.15) is 6.04 Å². The summed E-state index contributed by atoms with van der Waals surface area (Å²) in [6.07, 6.45) is 5.55. The van der Waals surface area contributed by atoms with Gasteiger partial charge in [-0.15, -0.1) is 0 Å². The third kappa shape index (κ3) is 5.66. The molecule has 0 saturated heterocycles. The van der Waals surface area contributed by atoms with E-state index < -0.39 is 12.0 Å². The van der Waals surface area contributed by atoms with Crippen molar-refractivity contribution in [2.45, 2.75) is 25.3 Å². The van der Waals surface area contributed by atoms with Crippen molar-refractivity contribution in [2.75, 3.05) is 6.54 Å². The number of carbonyl (C=O) groups is 2. The van der Waals surface area contributed by atoms with Gasteiger partial charge in [0.15, 0.2) is 0 Å². The molecule has 4 N–H and O–H groups in total. The van der Waals surface area contributed by atoms with Crippen LogP contribution in [0, 0.1) is 0 Å². The second-order valence-electron chi connectivity index (χ2n) is 8.30. The molecule has 0 bridgehead atoms. The van der Waals surface area contributed by atoms with Crippen LogP contribution in [0.3, 0.4) is 0 Å². The average Bonchev–Trinajstić information content (AvgIpc) is 2.86. The highest BCUT2D eigenvalue weighted by Gasteiger charge is 2.13. The molecule has 0 aliphatic carbocycles. The molecule has 4 aromatic rings. The topological polar surface area (TPSA) is 105 Å². The van der Waals surface area contributed by atoms with Gasteiger partial charge in [-0.25, -0.2) is 0 Å². The van der Waals surface area contributed by atoms with Crippen LogP contribution < -0.4 is 11.1 Å². The largest absolute Gasteiger partial charge is 0.480 e. The van der Waals surface area contributed by atoms with Gasteiger partial charge in [0.25, 0.3) is 5.91 Å². The van der Waals surface area contributed by atoms with Gasteiger partial charge in [0, 0.05) is 29.9 Å². The number of nitrogens with two attached hydrogens (primary N) is 1. The van der Waals surface area contributed by atoms with Crippen LogP contribution in [0.5, 0.6) is 0 Å². The molecular formula is C28H27N3O3. The van der Waals surface area contributed by atoms with E-state index in [0.29, 0.717) is 12.1 Å². The molecule has 34 heavy (non-hydrogen) atoms. The van der Waals surface area contributed by atoms with E-state index >= 15 is 0 Å². The summed E-state index contributed by atoms with van der Waals surface area (Å²) in [5.41, 5.74) is 10.5. The van der Waals surface area contributed by atoms with Crippen molar-refractivity contribution < 1.29 is 14.7 Å². The number of fused-ring (bicyclic) bond motifs is 1. The number of carbonyl (C=O) groups excluding carboxylic acids is 1. The van der Waals surface area contributed by atoms with Crippen LogP contribution in [0.2, 0.25) is 0 Å². The lowest BCUT2D eigenvalue weighted by atomic mass is 9.95. The summed E-state index contributed by atoms with van der Waals surface area (Å²) < 4.78 is 0. The first-order valence-corrected chi connectivity index (χ1v) is 11.3. The van der Waals surface area contributed by atoms with E-state index in [0.717, 1.165) is 34.7 Å². The van der Waals surface area contributed by atoms with Gasteiger partial charge < -0.3 is 16.2 Å². The smallest absolute Gasteiger partial charge is 0.320 e. The van der Waals surface area contributed by atoms with E-state index in [1.165, 1.54) is 11.1 Å². The van der Waals surface area contributed by atoms with Crippen LogP contribution in [0.4, 0.5) is 0 Å². The SMILES string of the molecule is N[C@@H](Cc1ccc(C(=O)NCCCc2ccccc2-c2ccc3ccncc3c2)cc1)C(=O)O. The minimum absolute atomic E-state index is 0.149. The number of carboxylic acids is 1. The maximum atomic E-state index is 12.5. The van der Waals surface area contributed by atoms with Crippen LogP contribution in [0.25, 0.3) is 21.9 Å². The fraction of sp³-hybridized carbons (Fsp3) is 0.179. The lowest BCUT2D eigenvalue weighted by Crippen LogP contribution is -2.32. The second-order valence-corrected chi connectivity index (χ2v) is 8.30. The van der Waals surface area contributed by atoms with Crippen molar-refractivity contribution in [3.8, 4) is 11.1 Å². The summed E-state index contributed by atoms with van der Waals surface area (Å²) in [4.78, 5) is 27.6. The number of rotatable bonds is 9. The number of nitrogens with zero attached hydrogens (tertiary/aromatic N) is 1. The molecule has 4 rings (SSSR count). The zero-order valence-corrected chi connectivity index (χ0v) is 18.8. The Balaban J connectivity index is 1.33. The van der Waals surface area contributed by atoms with E-state index in [2.05, 4.69) is 40.6 Å². The fourth-order valence-electron chi connectivity index (χ4n) is 3.99. The molecule has 0 fully saturated rings. The third-order valence-electron chi connectivity index (χ3n) is 5.87. The Morgan fingerprint density at radius 1 is 0.971 bits per heavy atom. The highest BCUT2D eigenvalue weighted by Crippen LogP contribution is 2.27. The monoisotopic (exact) mass is 453 g/mol. The average molecular weight is 454 g/mol. The molecule has 0 aliphatic rings. The molecule has 0 unspecified atom stereocenters. The zero-order chi connectivity index (χ0) is 23.9. The van der Waals surface area contributed by atoms with Crippen molar-refractivity contribution in [3.63, 3.8) is 0 Å². The second kappa shape index (κ2) is 10.7. The lowest BCUT2D eigenvalue weighted by Gasteiger charge is -2.11. The number of amides is 1. The zero-order valence-electron chi connectivity index (χ0n) is 18.8. The van der Waals surface area contributed by atoms with Crippen LogP contribution in [0.1, 0.15) is 27.9 Å². The summed E-state index contributed by atoms with van der Waals surface area (Å²) in [7, 11) is 0. The number of aromatic nitrogens is 1. The molecule has 0 spiro atoms. The summed E-state index contributed by atoms with van der Waals surface area (Å²) in [5.74, 6) is -1.19. The molecular weight excluding hydrogens is 426 g/mol. The third-order valence-corrected chi connectivity index (χ3v) is 5.87. The minimum Gasteiger partial charge on any atom is -0.480 e. The summed E-state index contributed by atoms with van der Waals surface area (Å²) in [5, 5.41) is 14.2. The molecule has 0 saturated carbocycles. The Morgan fingerprint density at radius 3 is 2.56 bits per heavy atom. The van der Waals surface area contributed by atoms with Crippen LogP contribution in [-0.4, -0.2) is 34.6 Å². The van der Waals surface area contributed by atoms with Gasteiger partial charge in [-0.05, 0) is 71.2 Å². The molecule has 1 amide bonds. The van der Waals surface area contributed by atoms with Crippen molar-refractivity contribution in [2.24, 2.45) is 5.73 Å². The highest BCUT2D eigenvalue weighted by atomic mass is 16.4. The van der Waals surface area contributed by atoms with E-state index in [-0.39, 0.29) is 12.3 Å². The Bertz CT molecular complexity index is 1300. The van der Waals surface area contributed by atoms with E-state index in [9.17, 15) is 9.59 Å². The highest BCUT2D eigenvalue weighted by molar-refractivity contribution is 5.94. The van der Waals surface area contributed by atoms with Gasteiger partial charge >= 0.3 is 5.97 Å². The van der Waals surface area contributed by atoms with E-state index in [1.54, 1.807) is 30.5 Å². The first-order chi connectivity index (χ1) is 16.5. The van der Waals surface area contributed by atoms with Gasteiger partial charge in [-0.2, -0.15) is 0 Å². The molecule has 1 aromatic heterocycles. The van der Waals surface area contributed by atoms with E-state index in [1.807, 2.05) is 24.4 Å².